The average Bonchev–Trinajstić information content (AvgIpc) is 2.83. The maximum atomic E-state index is 11.3. The highest BCUT2D eigenvalue weighted by atomic mass is 16.6. The number of anilines is 1. The molecule has 1 unspecified atom stereocenters. The second kappa shape index (κ2) is 6.09. The fourth-order valence-electron chi connectivity index (χ4n) is 2.77. The zero-order chi connectivity index (χ0) is 15.6. The van der Waals surface area contributed by atoms with Crippen LogP contribution in [0.25, 0.3) is 0 Å². The second-order valence-corrected chi connectivity index (χ2v) is 5.42. The number of carboxylic acid groups (broad SMARTS) is 1. The van der Waals surface area contributed by atoms with Gasteiger partial charge in [-0.05, 0) is 32.5 Å². The number of hydrogen-bond donors (Lipinski definition) is 1. The van der Waals surface area contributed by atoms with Crippen molar-refractivity contribution in [2.24, 2.45) is 0 Å². The lowest BCUT2D eigenvalue weighted by Gasteiger charge is -2.28. The average molecular weight is 293 g/mol. The maximum Gasteiger partial charge on any atom is 0.338 e. The molecule has 1 N–H and O–H groups in total. The number of aromatic carboxylic acids is 1. The van der Waals surface area contributed by atoms with Crippen LogP contribution in [0.5, 0.6) is 0 Å². The monoisotopic (exact) mass is 293 g/mol. The third-order valence-electron chi connectivity index (χ3n) is 3.99. The van der Waals surface area contributed by atoms with Gasteiger partial charge in [-0.2, -0.15) is 0 Å². The number of nitro benzene ring substituents is 1. The fraction of sp³-hybridized carbons (Fsp3) is 0.500. The largest absolute Gasteiger partial charge is 0.478 e. The molecule has 0 saturated carbocycles. The molecule has 7 nitrogen and oxygen atoms in total. The third-order valence-corrected chi connectivity index (χ3v) is 3.99. The summed E-state index contributed by atoms with van der Waals surface area (Å²) < 4.78 is 0. The van der Waals surface area contributed by atoms with Gasteiger partial charge in [-0.3, -0.25) is 10.1 Å². The van der Waals surface area contributed by atoms with E-state index in [1.807, 2.05) is 11.9 Å². The Morgan fingerprint density at radius 2 is 2.29 bits per heavy atom. The summed E-state index contributed by atoms with van der Waals surface area (Å²) in [7, 11) is 3.87. The van der Waals surface area contributed by atoms with Crippen LogP contribution in [0, 0.1) is 10.1 Å². The van der Waals surface area contributed by atoms with E-state index in [4.69, 9.17) is 0 Å². The van der Waals surface area contributed by atoms with Crippen LogP contribution in [0.15, 0.2) is 18.2 Å². The summed E-state index contributed by atoms with van der Waals surface area (Å²) in [5, 5.41) is 20.0. The van der Waals surface area contributed by atoms with E-state index in [0.717, 1.165) is 25.5 Å². The predicted octanol–water partition coefficient (Wildman–Crippen LogP) is 1.82. The number of non-ortho nitro benzene ring substituents is 1. The normalized spacial score (nSPS) is 18.7. The van der Waals surface area contributed by atoms with E-state index in [2.05, 4.69) is 11.9 Å². The molecule has 7 heteroatoms. The highest BCUT2D eigenvalue weighted by Gasteiger charge is 2.24. The van der Waals surface area contributed by atoms with Crippen LogP contribution >= 0.6 is 0 Å². The minimum absolute atomic E-state index is 0.0349. The Hall–Kier alpha value is -2.15. The summed E-state index contributed by atoms with van der Waals surface area (Å²) in [6.07, 6.45) is 2.22. The zero-order valence-corrected chi connectivity index (χ0v) is 12.2. The molecular weight excluding hydrogens is 274 g/mol. The molecule has 1 aromatic rings. The van der Waals surface area contributed by atoms with E-state index < -0.39 is 10.9 Å². The van der Waals surface area contributed by atoms with Gasteiger partial charge in [0.25, 0.3) is 5.69 Å². The van der Waals surface area contributed by atoms with Crippen LogP contribution < -0.4 is 4.90 Å². The van der Waals surface area contributed by atoms with Crippen LogP contribution in [0.4, 0.5) is 11.4 Å². The van der Waals surface area contributed by atoms with Crippen molar-refractivity contribution in [1.29, 1.82) is 0 Å². The molecule has 0 aromatic heterocycles. The predicted molar refractivity (Wildman–Crippen MR) is 79.0 cm³/mol. The first-order valence-electron chi connectivity index (χ1n) is 6.83. The van der Waals surface area contributed by atoms with Crippen molar-refractivity contribution in [3.8, 4) is 0 Å². The molecule has 114 valence electrons. The Labute approximate surface area is 122 Å². The number of likely N-dealkylation sites (N-methyl/N-ethyl adjacent to an activating group) is 2. The lowest BCUT2D eigenvalue weighted by Crippen LogP contribution is -2.37. The minimum Gasteiger partial charge on any atom is -0.478 e. The molecule has 21 heavy (non-hydrogen) atoms. The van der Waals surface area contributed by atoms with Gasteiger partial charge in [0.15, 0.2) is 0 Å². The van der Waals surface area contributed by atoms with Crippen LogP contribution in [-0.4, -0.2) is 54.1 Å². The van der Waals surface area contributed by atoms with Crippen molar-refractivity contribution in [2.45, 2.75) is 18.9 Å². The van der Waals surface area contributed by atoms with Crippen LogP contribution in [0.1, 0.15) is 23.2 Å². The van der Waals surface area contributed by atoms with Gasteiger partial charge in [0.1, 0.15) is 0 Å². The Balaban J connectivity index is 2.25. The summed E-state index contributed by atoms with van der Waals surface area (Å²) >= 11 is 0. The van der Waals surface area contributed by atoms with Gasteiger partial charge in [0, 0.05) is 31.8 Å². The molecule has 2 rings (SSSR count). The van der Waals surface area contributed by atoms with E-state index in [-0.39, 0.29) is 11.3 Å². The highest BCUT2D eigenvalue weighted by molar-refractivity contribution is 5.95. The molecule has 0 radical (unpaired) electrons. The van der Waals surface area contributed by atoms with Gasteiger partial charge >= 0.3 is 5.97 Å². The van der Waals surface area contributed by atoms with Gasteiger partial charge < -0.3 is 14.9 Å². The fourth-order valence-corrected chi connectivity index (χ4v) is 2.77. The van der Waals surface area contributed by atoms with Crippen molar-refractivity contribution < 1.29 is 14.8 Å². The third kappa shape index (κ3) is 3.30. The first-order valence-corrected chi connectivity index (χ1v) is 6.83. The van der Waals surface area contributed by atoms with E-state index in [1.165, 1.54) is 12.1 Å². The summed E-state index contributed by atoms with van der Waals surface area (Å²) in [6, 6.07) is 4.35. The topological polar surface area (TPSA) is 86.9 Å². The van der Waals surface area contributed by atoms with E-state index in [0.29, 0.717) is 18.3 Å². The Morgan fingerprint density at radius 3 is 2.81 bits per heavy atom. The summed E-state index contributed by atoms with van der Waals surface area (Å²) in [4.78, 5) is 25.6. The smallest absolute Gasteiger partial charge is 0.338 e. The number of carboxylic acids is 1. The van der Waals surface area contributed by atoms with Crippen LogP contribution in [0.2, 0.25) is 0 Å². The maximum absolute atomic E-state index is 11.3. The first-order chi connectivity index (χ1) is 9.90. The number of nitro groups is 1. The second-order valence-electron chi connectivity index (χ2n) is 5.42. The lowest BCUT2D eigenvalue weighted by molar-refractivity contribution is -0.384. The molecule has 1 saturated heterocycles. The molecular formula is C14H19N3O4. The molecule has 0 bridgehead atoms. The molecule has 1 aliphatic heterocycles. The molecule has 0 amide bonds. The number of nitrogens with zero attached hydrogens (tertiary/aromatic N) is 3. The molecule has 1 heterocycles. The van der Waals surface area contributed by atoms with Gasteiger partial charge in [-0.15, -0.1) is 0 Å². The Kier molecular flexibility index (Phi) is 4.42. The Bertz CT molecular complexity index is 561. The van der Waals surface area contributed by atoms with Crippen LogP contribution in [-0.2, 0) is 0 Å². The number of carbonyl (C=O) groups is 1. The number of rotatable bonds is 5. The first kappa shape index (κ1) is 15.2. The van der Waals surface area contributed by atoms with Crippen LogP contribution in [0.3, 0.4) is 0 Å². The standard InChI is InChI=1S/C14H19N3O4/c1-15-7-3-4-11(15)9-16(2)13-6-5-10(17(20)21)8-12(13)14(18)19/h5-6,8,11H,3-4,7,9H2,1-2H3,(H,18,19). The quantitative estimate of drug-likeness (QED) is 0.658. The lowest BCUT2D eigenvalue weighted by atomic mass is 10.1. The number of benzene rings is 1. The molecule has 1 aromatic carbocycles. The van der Waals surface area contributed by atoms with Gasteiger partial charge in [0.2, 0.25) is 0 Å². The van der Waals surface area contributed by atoms with Crippen molar-refractivity contribution >= 4 is 17.3 Å². The van der Waals surface area contributed by atoms with E-state index >= 15 is 0 Å². The molecule has 0 spiro atoms. The van der Waals surface area contributed by atoms with Crippen molar-refractivity contribution in [3.63, 3.8) is 0 Å². The van der Waals surface area contributed by atoms with E-state index in [1.54, 1.807) is 0 Å². The molecule has 1 aliphatic rings. The zero-order valence-electron chi connectivity index (χ0n) is 12.2. The minimum atomic E-state index is -1.15. The summed E-state index contributed by atoms with van der Waals surface area (Å²) in [5.41, 5.74) is 0.267. The summed E-state index contributed by atoms with van der Waals surface area (Å²) in [6.45, 7) is 1.75. The SMILES string of the molecule is CN(CC1CCCN1C)c1ccc([N+](=O)[O-])cc1C(=O)O. The van der Waals surface area contributed by atoms with Crippen molar-refractivity contribution in [2.75, 3.05) is 32.1 Å². The molecule has 1 fully saturated rings. The van der Waals surface area contributed by atoms with Crippen molar-refractivity contribution in [1.82, 2.24) is 4.90 Å². The van der Waals surface area contributed by atoms with E-state index in [9.17, 15) is 20.0 Å². The highest BCUT2D eigenvalue weighted by Crippen LogP contribution is 2.26. The molecule has 0 aliphatic carbocycles. The summed E-state index contributed by atoms with van der Waals surface area (Å²) in [5.74, 6) is -1.15. The van der Waals surface area contributed by atoms with Crippen molar-refractivity contribution in [3.05, 3.63) is 33.9 Å². The Morgan fingerprint density at radius 1 is 1.57 bits per heavy atom. The molecule has 1 atom stereocenters. The van der Waals surface area contributed by atoms with Gasteiger partial charge in [-0.1, -0.05) is 0 Å². The number of hydrogen-bond acceptors (Lipinski definition) is 5. The van der Waals surface area contributed by atoms with Gasteiger partial charge in [-0.25, -0.2) is 4.79 Å². The van der Waals surface area contributed by atoms with Gasteiger partial charge in [0.05, 0.1) is 16.2 Å². The number of likely N-dealkylation sites (tertiary alicyclic amines) is 1.